The minimum absolute atomic E-state index is 0.562. The topological polar surface area (TPSA) is 43.8 Å². The Kier molecular flexibility index (Phi) is 2.94. The smallest absolute Gasteiger partial charge is 0.151 e. The number of hydrogen-bond acceptors (Lipinski definition) is 3. The maximum atomic E-state index is 5.73. The number of halogens is 1. The molecule has 20 heavy (non-hydrogen) atoms. The molecule has 0 unspecified atom stereocenters. The van der Waals surface area contributed by atoms with E-state index in [1.54, 1.807) is 11.3 Å². The maximum absolute atomic E-state index is 5.73. The van der Waals surface area contributed by atoms with E-state index in [1.807, 2.05) is 0 Å². The molecule has 2 aromatic heterocycles. The maximum Gasteiger partial charge on any atom is 0.151 e. The zero-order chi connectivity index (χ0) is 13.7. The molecule has 0 spiro atoms. The molecule has 2 N–H and O–H groups in total. The third kappa shape index (κ3) is 2.01. The lowest BCUT2D eigenvalue weighted by Crippen LogP contribution is -1.97. The second-order valence-corrected chi connectivity index (χ2v) is 7.63. The van der Waals surface area contributed by atoms with E-state index in [4.69, 9.17) is 10.7 Å². The molecular weight excluding hydrogens is 334 g/mol. The van der Waals surface area contributed by atoms with Crippen LogP contribution in [0.25, 0.3) is 21.7 Å². The lowest BCUT2D eigenvalue weighted by Gasteiger charge is -2.06. The van der Waals surface area contributed by atoms with Gasteiger partial charge in [0.25, 0.3) is 0 Å². The average Bonchev–Trinajstić information content (AvgIpc) is 3.09. The van der Waals surface area contributed by atoms with Crippen LogP contribution in [0, 0.1) is 0 Å². The fraction of sp³-hybridized carbons (Fsp3) is 0.267. The Morgan fingerprint density at radius 3 is 2.80 bits per heavy atom. The molecule has 1 saturated carbocycles. The summed E-state index contributed by atoms with van der Waals surface area (Å²) in [7, 11) is 0. The second kappa shape index (κ2) is 4.69. The number of aromatic nitrogens is 2. The van der Waals surface area contributed by atoms with Crippen molar-refractivity contribution >= 4 is 38.3 Å². The van der Waals surface area contributed by atoms with E-state index in [0.717, 1.165) is 20.7 Å². The van der Waals surface area contributed by atoms with Crippen LogP contribution < -0.4 is 5.73 Å². The van der Waals surface area contributed by atoms with Gasteiger partial charge in [-0.1, -0.05) is 6.07 Å². The SMILES string of the molecule is NCc1ccc2c(c1)nc(-c1ccc(Br)s1)n2C1CC1. The van der Waals surface area contributed by atoms with Gasteiger partial charge in [-0.15, -0.1) is 11.3 Å². The van der Waals surface area contributed by atoms with Crippen molar-refractivity contribution in [1.82, 2.24) is 9.55 Å². The minimum atomic E-state index is 0.562. The van der Waals surface area contributed by atoms with Crippen molar-refractivity contribution in [2.75, 3.05) is 0 Å². The van der Waals surface area contributed by atoms with Crippen molar-refractivity contribution < 1.29 is 0 Å². The van der Waals surface area contributed by atoms with Crippen LogP contribution in [0.5, 0.6) is 0 Å². The number of benzene rings is 1. The van der Waals surface area contributed by atoms with Crippen LogP contribution in [0.2, 0.25) is 0 Å². The standard InChI is InChI=1S/C15H14BrN3S/c16-14-6-5-13(20-14)15-18-11-7-9(8-17)1-4-12(11)19(15)10-2-3-10/h1,4-7,10H,2-3,8,17H2. The van der Waals surface area contributed by atoms with Gasteiger partial charge in [0.15, 0.2) is 5.82 Å². The molecule has 0 atom stereocenters. The van der Waals surface area contributed by atoms with Gasteiger partial charge in [0.1, 0.15) is 0 Å². The van der Waals surface area contributed by atoms with Crippen molar-refractivity contribution in [2.24, 2.45) is 5.73 Å². The van der Waals surface area contributed by atoms with E-state index >= 15 is 0 Å². The highest BCUT2D eigenvalue weighted by molar-refractivity contribution is 9.11. The molecule has 1 fully saturated rings. The van der Waals surface area contributed by atoms with E-state index < -0.39 is 0 Å². The van der Waals surface area contributed by atoms with E-state index in [2.05, 4.69) is 50.8 Å². The zero-order valence-electron chi connectivity index (χ0n) is 10.8. The van der Waals surface area contributed by atoms with Gasteiger partial charge in [-0.05, 0) is 58.6 Å². The van der Waals surface area contributed by atoms with Crippen LogP contribution in [-0.4, -0.2) is 9.55 Å². The van der Waals surface area contributed by atoms with E-state index in [1.165, 1.54) is 23.2 Å². The van der Waals surface area contributed by atoms with Crippen LogP contribution in [0.3, 0.4) is 0 Å². The number of nitrogens with zero attached hydrogens (tertiary/aromatic N) is 2. The predicted molar refractivity (Wildman–Crippen MR) is 86.9 cm³/mol. The molecule has 1 aliphatic carbocycles. The Morgan fingerprint density at radius 2 is 2.15 bits per heavy atom. The van der Waals surface area contributed by atoms with Crippen LogP contribution >= 0.6 is 27.3 Å². The third-order valence-corrected chi connectivity index (χ3v) is 5.31. The van der Waals surface area contributed by atoms with Gasteiger partial charge in [0.2, 0.25) is 0 Å². The first-order chi connectivity index (χ1) is 9.76. The number of rotatable bonds is 3. The van der Waals surface area contributed by atoms with E-state index in [9.17, 15) is 0 Å². The van der Waals surface area contributed by atoms with Gasteiger partial charge in [-0.25, -0.2) is 4.98 Å². The minimum Gasteiger partial charge on any atom is -0.326 e. The average molecular weight is 348 g/mol. The van der Waals surface area contributed by atoms with Crippen molar-refractivity contribution in [3.63, 3.8) is 0 Å². The summed E-state index contributed by atoms with van der Waals surface area (Å²) >= 11 is 5.27. The van der Waals surface area contributed by atoms with Gasteiger partial charge < -0.3 is 10.3 Å². The van der Waals surface area contributed by atoms with E-state index in [0.29, 0.717) is 12.6 Å². The summed E-state index contributed by atoms with van der Waals surface area (Å²) in [5, 5.41) is 0. The number of thiophene rings is 1. The Labute approximate surface area is 129 Å². The fourth-order valence-electron chi connectivity index (χ4n) is 2.58. The molecule has 0 saturated heterocycles. The largest absolute Gasteiger partial charge is 0.326 e. The van der Waals surface area contributed by atoms with Gasteiger partial charge in [-0.2, -0.15) is 0 Å². The van der Waals surface area contributed by atoms with Crippen LogP contribution in [0.1, 0.15) is 24.4 Å². The Hall–Kier alpha value is -1.17. The van der Waals surface area contributed by atoms with Crippen LogP contribution in [-0.2, 0) is 6.54 Å². The highest BCUT2D eigenvalue weighted by Crippen LogP contribution is 2.43. The van der Waals surface area contributed by atoms with E-state index in [-0.39, 0.29) is 0 Å². The molecule has 102 valence electrons. The molecule has 0 radical (unpaired) electrons. The predicted octanol–water partition coefficient (Wildman–Crippen LogP) is 4.32. The molecule has 1 aliphatic rings. The number of fused-ring (bicyclic) bond motifs is 1. The number of imidazole rings is 1. The Balaban J connectivity index is 1.96. The normalized spacial score (nSPS) is 15.1. The lowest BCUT2D eigenvalue weighted by molar-refractivity contribution is 0.776. The van der Waals surface area contributed by atoms with Gasteiger partial charge >= 0.3 is 0 Å². The summed E-state index contributed by atoms with van der Waals surface area (Å²) in [6, 6.07) is 11.2. The summed E-state index contributed by atoms with van der Waals surface area (Å²) in [5.74, 6) is 1.09. The molecule has 1 aromatic carbocycles. The fourth-order valence-corrected chi connectivity index (χ4v) is 3.95. The summed E-state index contributed by atoms with van der Waals surface area (Å²) in [5.41, 5.74) is 9.15. The van der Waals surface area contributed by atoms with Crippen LogP contribution in [0.4, 0.5) is 0 Å². The quantitative estimate of drug-likeness (QED) is 0.766. The summed E-state index contributed by atoms with van der Waals surface area (Å²) in [6.07, 6.45) is 2.51. The molecule has 4 rings (SSSR count). The van der Waals surface area contributed by atoms with Crippen molar-refractivity contribution in [2.45, 2.75) is 25.4 Å². The molecule has 3 aromatic rings. The van der Waals surface area contributed by atoms with Gasteiger partial charge in [0, 0.05) is 12.6 Å². The van der Waals surface area contributed by atoms with Gasteiger partial charge in [0.05, 0.1) is 19.7 Å². The Bertz CT molecular complexity index is 786. The molecule has 0 bridgehead atoms. The third-order valence-electron chi connectivity index (χ3n) is 3.70. The summed E-state index contributed by atoms with van der Waals surface area (Å²) in [4.78, 5) is 6.08. The molecule has 0 amide bonds. The van der Waals surface area contributed by atoms with Crippen molar-refractivity contribution in [3.8, 4) is 10.7 Å². The zero-order valence-corrected chi connectivity index (χ0v) is 13.2. The molecule has 3 nitrogen and oxygen atoms in total. The molecular formula is C15H14BrN3S. The Morgan fingerprint density at radius 1 is 1.30 bits per heavy atom. The van der Waals surface area contributed by atoms with Crippen molar-refractivity contribution in [1.29, 1.82) is 0 Å². The summed E-state index contributed by atoms with van der Waals surface area (Å²) < 4.78 is 3.54. The monoisotopic (exact) mass is 347 g/mol. The highest BCUT2D eigenvalue weighted by Gasteiger charge is 2.29. The first kappa shape index (κ1) is 12.6. The lowest BCUT2D eigenvalue weighted by atomic mass is 10.2. The second-order valence-electron chi connectivity index (χ2n) is 5.17. The first-order valence-corrected chi connectivity index (χ1v) is 8.34. The number of hydrogen-bond donors (Lipinski definition) is 1. The van der Waals surface area contributed by atoms with Gasteiger partial charge in [-0.3, -0.25) is 0 Å². The van der Waals surface area contributed by atoms with Crippen LogP contribution in [0.15, 0.2) is 34.1 Å². The summed E-state index contributed by atoms with van der Waals surface area (Å²) in [6.45, 7) is 0.562. The molecule has 2 heterocycles. The van der Waals surface area contributed by atoms with Crippen molar-refractivity contribution in [3.05, 3.63) is 39.7 Å². The highest BCUT2D eigenvalue weighted by atomic mass is 79.9. The molecule has 0 aliphatic heterocycles. The number of nitrogens with two attached hydrogens (primary N) is 1. The molecule has 5 heteroatoms. The first-order valence-electron chi connectivity index (χ1n) is 6.73.